The number of methoxy groups -OCH3 is 1. The number of aromatic nitrogens is 2. The minimum Gasteiger partial charge on any atom is -0.497 e. The molecule has 0 radical (unpaired) electrons. The van der Waals surface area contributed by atoms with Gasteiger partial charge < -0.3 is 9.72 Å². The van der Waals surface area contributed by atoms with Gasteiger partial charge in [0.05, 0.1) is 24.5 Å². The van der Waals surface area contributed by atoms with Crippen LogP contribution in [0.3, 0.4) is 0 Å². The highest BCUT2D eigenvalue weighted by Gasteiger charge is 2.32. The van der Waals surface area contributed by atoms with Gasteiger partial charge in [0.2, 0.25) is 10.0 Å². The Morgan fingerprint density at radius 1 is 0.962 bits per heavy atom. The van der Waals surface area contributed by atoms with Gasteiger partial charge >= 0.3 is 0 Å². The molecule has 3 rings (SSSR count). The molecule has 2 heterocycles. The molecule has 0 saturated carbocycles. The molecule has 1 fully saturated rings. The summed E-state index contributed by atoms with van der Waals surface area (Å²) in [5.41, 5.74) is 0. The standard InChI is InChI=1S/C15H20N4O5S2/c1-24-13-3-5-14(6-4-13)25(20,21)18-7-2-8-19(10-9-18)26(22,23)15-11-16-12-17-15/h3-6,11-12H,2,7-10H2,1H3,(H,16,17). The molecule has 0 atom stereocenters. The number of hydrogen-bond acceptors (Lipinski definition) is 6. The van der Waals surface area contributed by atoms with Crippen LogP contribution in [0.4, 0.5) is 0 Å². The third-order valence-corrected chi connectivity index (χ3v) is 7.94. The minimum atomic E-state index is -3.71. The Kier molecular flexibility index (Phi) is 5.32. The van der Waals surface area contributed by atoms with E-state index in [1.54, 1.807) is 12.1 Å². The Bertz CT molecular complexity index is 940. The van der Waals surface area contributed by atoms with Crippen molar-refractivity contribution in [1.82, 2.24) is 18.6 Å². The van der Waals surface area contributed by atoms with E-state index < -0.39 is 20.0 Å². The molecule has 1 aliphatic heterocycles. The summed E-state index contributed by atoms with van der Waals surface area (Å²) in [6, 6.07) is 6.13. The van der Waals surface area contributed by atoms with Crippen LogP contribution in [0, 0.1) is 0 Å². The summed E-state index contributed by atoms with van der Waals surface area (Å²) in [7, 11) is -5.90. The molecule has 1 aliphatic rings. The molecule has 26 heavy (non-hydrogen) atoms. The number of benzene rings is 1. The number of aromatic amines is 1. The van der Waals surface area contributed by atoms with Crippen molar-refractivity contribution < 1.29 is 21.6 Å². The van der Waals surface area contributed by atoms with E-state index in [1.807, 2.05) is 0 Å². The predicted molar refractivity (Wildman–Crippen MR) is 93.7 cm³/mol. The van der Waals surface area contributed by atoms with E-state index in [2.05, 4.69) is 9.97 Å². The largest absolute Gasteiger partial charge is 0.497 e. The molecule has 1 aromatic heterocycles. The zero-order valence-corrected chi connectivity index (χ0v) is 15.8. The summed E-state index contributed by atoms with van der Waals surface area (Å²) in [4.78, 5) is 6.48. The monoisotopic (exact) mass is 400 g/mol. The van der Waals surface area contributed by atoms with Gasteiger partial charge in [-0.3, -0.25) is 0 Å². The number of sulfonamides is 2. The minimum absolute atomic E-state index is 0.00367. The second-order valence-electron chi connectivity index (χ2n) is 5.75. The molecule has 1 N–H and O–H groups in total. The molecule has 11 heteroatoms. The topological polar surface area (TPSA) is 113 Å². The summed E-state index contributed by atoms with van der Waals surface area (Å²) in [5, 5.41) is 0.00367. The Labute approximate surface area is 152 Å². The van der Waals surface area contributed by atoms with Crippen molar-refractivity contribution >= 4 is 20.0 Å². The zero-order valence-electron chi connectivity index (χ0n) is 14.2. The Morgan fingerprint density at radius 2 is 1.58 bits per heavy atom. The average Bonchev–Trinajstić information content (AvgIpc) is 3.06. The quantitative estimate of drug-likeness (QED) is 0.782. The van der Waals surface area contributed by atoms with Crippen LogP contribution >= 0.6 is 0 Å². The van der Waals surface area contributed by atoms with Crippen LogP contribution in [0.5, 0.6) is 5.75 Å². The van der Waals surface area contributed by atoms with Crippen LogP contribution < -0.4 is 4.74 Å². The van der Waals surface area contributed by atoms with Gasteiger partial charge in [0.25, 0.3) is 10.0 Å². The number of nitrogens with one attached hydrogen (secondary N) is 1. The predicted octanol–water partition coefficient (Wildman–Crippen LogP) is 0.504. The van der Waals surface area contributed by atoms with Crippen molar-refractivity contribution in [1.29, 1.82) is 0 Å². The molecule has 0 bridgehead atoms. The highest BCUT2D eigenvalue weighted by Crippen LogP contribution is 2.22. The lowest BCUT2D eigenvalue weighted by molar-refractivity contribution is 0.403. The van der Waals surface area contributed by atoms with Crippen molar-refractivity contribution in [2.24, 2.45) is 0 Å². The lowest BCUT2D eigenvalue weighted by Crippen LogP contribution is -2.37. The van der Waals surface area contributed by atoms with E-state index in [9.17, 15) is 16.8 Å². The van der Waals surface area contributed by atoms with Gasteiger partial charge in [-0.1, -0.05) is 0 Å². The maximum Gasteiger partial charge on any atom is 0.260 e. The maximum absolute atomic E-state index is 12.8. The first-order chi connectivity index (χ1) is 12.4. The molecule has 1 saturated heterocycles. The van der Waals surface area contributed by atoms with E-state index in [1.165, 1.54) is 40.4 Å². The van der Waals surface area contributed by atoms with Crippen LogP contribution in [0.15, 0.2) is 46.7 Å². The summed E-state index contributed by atoms with van der Waals surface area (Å²) in [6.45, 7) is 0.664. The third-order valence-electron chi connectivity index (χ3n) is 4.20. The fraction of sp³-hybridized carbons (Fsp3) is 0.400. The van der Waals surface area contributed by atoms with Crippen LogP contribution in [0.2, 0.25) is 0 Å². The first kappa shape index (κ1) is 18.8. The summed E-state index contributed by atoms with van der Waals surface area (Å²) in [6.07, 6.45) is 2.94. The number of ether oxygens (including phenoxy) is 1. The lowest BCUT2D eigenvalue weighted by atomic mass is 10.3. The number of rotatable bonds is 5. The molecule has 2 aromatic rings. The third kappa shape index (κ3) is 3.61. The van der Waals surface area contributed by atoms with Gasteiger partial charge in [0.15, 0.2) is 5.03 Å². The van der Waals surface area contributed by atoms with Crippen LogP contribution in [-0.2, 0) is 20.0 Å². The van der Waals surface area contributed by atoms with Gasteiger partial charge in [-0.2, -0.15) is 8.61 Å². The van der Waals surface area contributed by atoms with Crippen molar-refractivity contribution in [3.8, 4) is 5.75 Å². The van der Waals surface area contributed by atoms with Gasteiger partial charge in [-0.25, -0.2) is 21.8 Å². The normalized spacial score (nSPS) is 17.7. The average molecular weight is 400 g/mol. The zero-order chi connectivity index (χ0) is 18.8. The number of imidazole rings is 1. The first-order valence-electron chi connectivity index (χ1n) is 7.98. The Morgan fingerprint density at radius 3 is 2.12 bits per heavy atom. The summed E-state index contributed by atoms with van der Waals surface area (Å²) in [5.74, 6) is 0.566. The van der Waals surface area contributed by atoms with E-state index in [-0.39, 0.29) is 36.1 Å². The second kappa shape index (κ2) is 7.35. The van der Waals surface area contributed by atoms with Gasteiger partial charge in [0, 0.05) is 26.2 Å². The Balaban J connectivity index is 1.77. The molecule has 142 valence electrons. The van der Waals surface area contributed by atoms with E-state index >= 15 is 0 Å². The fourth-order valence-electron chi connectivity index (χ4n) is 2.77. The molecule has 1 aromatic carbocycles. The molecule has 0 spiro atoms. The molecule has 0 amide bonds. The molecular weight excluding hydrogens is 380 g/mol. The van der Waals surface area contributed by atoms with Crippen LogP contribution in [0.25, 0.3) is 0 Å². The first-order valence-corrected chi connectivity index (χ1v) is 10.9. The van der Waals surface area contributed by atoms with E-state index in [0.29, 0.717) is 12.2 Å². The van der Waals surface area contributed by atoms with Gasteiger partial charge in [0.1, 0.15) is 5.75 Å². The summed E-state index contributed by atoms with van der Waals surface area (Å²) < 4.78 is 58.4. The SMILES string of the molecule is COc1ccc(S(=O)(=O)N2CCCN(S(=O)(=O)c3cnc[nH]3)CC2)cc1. The Hall–Kier alpha value is -1.95. The van der Waals surface area contributed by atoms with Crippen molar-refractivity contribution in [3.63, 3.8) is 0 Å². The van der Waals surface area contributed by atoms with Crippen LogP contribution in [0.1, 0.15) is 6.42 Å². The van der Waals surface area contributed by atoms with Gasteiger partial charge in [-0.05, 0) is 30.7 Å². The molecule has 9 nitrogen and oxygen atoms in total. The van der Waals surface area contributed by atoms with E-state index in [4.69, 9.17) is 4.74 Å². The summed E-state index contributed by atoms with van der Waals surface area (Å²) >= 11 is 0. The number of hydrogen-bond donors (Lipinski definition) is 1. The van der Waals surface area contributed by atoms with Crippen LogP contribution in [-0.4, -0.2) is 68.7 Å². The van der Waals surface area contributed by atoms with Crippen molar-refractivity contribution in [3.05, 3.63) is 36.8 Å². The molecular formula is C15H20N4O5S2. The molecule has 0 aliphatic carbocycles. The number of H-pyrrole nitrogens is 1. The van der Waals surface area contributed by atoms with Crippen molar-refractivity contribution in [2.75, 3.05) is 33.3 Å². The lowest BCUT2D eigenvalue weighted by Gasteiger charge is -2.21. The fourth-order valence-corrected chi connectivity index (χ4v) is 5.61. The molecule has 0 unspecified atom stereocenters. The smallest absolute Gasteiger partial charge is 0.260 e. The maximum atomic E-state index is 12.8. The highest BCUT2D eigenvalue weighted by atomic mass is 32.2. The van der Waals surface area contributed by atoms with E-state index in [0.717, 1.165) is 0 Å². The highest BCUT2D eigenvalue weighted by molar-refractivity contribution is 7.89. The van der Waals surface area contributed by atoms with Gasteiger partial charge in [-0.15, -0.1) is 0 Å². The number of nitrogens with zero attached hydrogens (tertiary/aromatic N) is 3. The van der Waals surface area contributed by atoms with Crippen molar-refractivity contribution in [2.45, 2.75) is 16.3 Å². The second-order valence-corrected chi connectivity index (χ2v) is 9.60.